The van der Waals surface area contributed by atoms with Crippen LogP contribution in [0.3, 0.4) is 0 Å². The topological polar surface area (TPSA) is 26.0 Å². The molecule has 0 aliphatic heterocycles. The first-order valence-electron chi connectivity index (χ1n) is 4.99. The van der Waals surface area contributed by atoms with Gasteiger partial charge in [-0.3, -0.25) is 0 Å². The lowest BCUT2D eigenvalue weighted by molar-refractivity contribution is 0.621. The Bertz CT molecular complexity index is 322. The maximum absolute atomic E-state index is 6.04. The van der Waals surface area contributed by atoms with Crippen LogP contribution in [0.1, 0.15) is 36.4 Å². The summed E-state index contributed by atoms with van der Waals surface area (Å²) < 4.78 is 0. The minimum Gasteiger partial charge on any atom is -0.324 e. The lowest BCUT2D eigenvalue weighted by atomic mass is 10.0. The highest BCUT2D eigenvalue weighted by molar-refractivity contribution is 5.24. The molecule has 0 amide bonds. The quantitative estimate of drug-likeness (QED) is 0.569. The Morgan fingerprint density at radius 3 is 2.93 bits per heavy atom. The molecule has 1 heteroatoms. The zero-order valence-electron chi connectivity index (χ0n) is 8.66. The minimum absolute atomic E-state index is 0.128. The van der Waals surface area contributed by atoms with Crippen LogP contribution in [0.25, 0.3) is 0 Å². The monoisotopic (exact) mass is 187 g/mol. The summed E-state index contributed by atoms with van der Waals surface area (Å²) in [6, 6.07) is 8.47. The summed E-state index contributed by atoms with van der Waals surface area (Å²) >= 11 is 0. The summed E-state index contributed by atoms with van der Waals surface area (Å²) in [4.78, 5) is 0. The Kier molecular flexibility index (Phi) is 4.22. The molecule has 1 aromatic rings. The predicted molar refractivity (Wildman–Crippen MR) is 60.8 cm³/mol. The maximum Gasteiger partial charge on any atom is 0.0295 e. The van der Waals surface area contributed by atoms with Crippen LogP contribution in [0.15, 0.2) is 24.3 Å². The van der Waals surface area contributed by atoms with Crippen LogP contribution in [0, 0.1) is 19.3 Å². The van der Waals surface area contributed by atoms with Crippen LogP contribution in [-0.2, 0) is 0 Å². The van der Waals surface area contributed by atoms with Crippen LogP contribution in [0.5, 0.6) is 0 Å². The van der Waals surface area contributed by atoms with Crippen LogP contribution in [0.2, 0.25) is 0 Å². The molecule has 0 aliphatic carbocycles. The fourth-order valence-electron chi connectivity index (χ4n) is 1.49. The highest BCUT2D eigenvalue weighted by atomic mass is 14.6. The van der Waals surface area contributed by atoms with Gasteiger partial charge < -0.3 is 5.73 Å². The third-order valence-corrected chi connectivity index (χ3v) is 2.31. The van der Waals surface area contributed by atoms with Crippen molar-refractivity contribution in [3.63, 3.8) is 0 Å². The van der Waals surface area contributed by atoms with Gasteiger partial charge in [0.05, 0.1) is 0 Å². The average Bonchev–Trinajstić information content (AvgIpc) is 2.18. The summed E-state index contributed by atoms with van der Waals surface area (Å²) in [5.74, 6) is 2.63. The van der Waals surface area contributed by atoms with Gasteiger partial charge in [0.25, 0.3) is 0 Å². The molecule has 0 heterocycles. The summed E-state index contributed by atoms with van der Waals surface area (Å²) in [5, 5.41) is 0. The standard InChI is InChI=1S/C13H17N/c1-3-4-5-9-13(14)12-8-6-7-11(2)10-12/h1,6-8,10,13H,4-5,9,14H2,2H3. The first-order valence-corrected chi connectivity index (χ1v) is 4.99. The lowest BCUT2D eigenvalue weighted by Gasteiger charge is -2.11. The summed E-state index contributed by atoms with van der Waals surface area (Å²) in [6.45, 7) is 2.08. The van der Waals surface area contributed by atoms with Gasteiger partial charge in [-0.15, -0.1) is 12.3 Å². The minimum atomic E-state index is 0.128. The van der Waals surface area contributed by atoms with Gasteiger partial charge in [-0.2, -0.15) is 0 Å². The van der Waals surface area contributed by atoms with E-state index in [4.69, 9.17) is 12.2 Å². The first-order chi connectivity index (χ1) is 6.74. The number of hydrogen-bond donors (Lipinski definition) is 1. The normalized spacial score (nSPS) is 12.1. The van der Waals surface area contributed by atoms with E-state index in [1.54, 1.807) is 0 Å². The van der Waals surface area contributed by atoms with E-state index in [-0.39, 0.29) is 6.04 Å². The number of unbranched alkanes of at least 4 members (excludes halogenated alkanes) is 1. The highest BCUT2D eigenvalue weighted by Gasteiger charge is 2.04. The molecule has 74 valence electrons. The molecule has 0 radical (unpaired) electrons. The van der Waals surface area contributed by atoms with E-state index in [9.17, 15) is 0 Å². The van der Waals surface area contributed by atoms with E-state index >= 15 is 0 Å². The van der Waals surface area contributed by atoms with E-state index in [2.05, 4.69) is 31.0 Å². The van der Waals surface area contributed by atoms with Gasteiger partial charge in [-0.25, -0.2) is 0 Å². The van der Waals surface area contributed by atoms with Crippen molar-refractivity contribution in [3.8, 4) is 12.3 Å². The van der Waals surface area contributed by atoms with E-state index in [1.165, 1.54) is 11.1 Å². The molecule has 1 aromatic carbocycles. The molecule has 0 aliphatic rings. The van der Waals surface area contributed by atoms with Crippen molar-refractivity contribution in [2.24, 2.45) is 5.73 Å². The lowest BCUT2D eigenvalue weighted by Crippen LogP contribution is -2.09. The Morgan fingerprint density at radius 2 is 2.29 bits per heavy atom. The molecule has 1 nitrogen and oxygen atoms in total. The fourth-order valence-corrected chi connectivity index (χ4v) is 1.49. The van der Waals surface area contributed by atoms with Crippen molar-refractivity contribution in [3.05, 3.63) is 35.4 Å². The summed E-state index contributed by atoms with van der Waals surface area (Å²) in [7, 11) is 0. The number of benzene rings is 1. The van der Waals surface area contributed by atoms with Crippen LogP contribution in [-0.4, -0.2) is 0 Å². The molecule has 0 fully saturated rings. The molecule has 0 bridgehead atoms. The maximum atomic E-state index is 6.04. The van der Waals surface area contributed by atoms with Crippen molar-refractivity contribution >= 4 is 0 Å². The largest absolute Gasteiger partial charge is 0.324 e. The SMILES string of the molecule is C#CCCCC(N)c1cccc(C)c1. The van der Waals surface area contributed by atoms with Gasteiger partial charge in [-0.05, 0) is 25.3 Å². The Balaban J connectivity index is 2.52. The highest BCUT2D eigenvalue weighted by Crippen LogP contribution is 2.17. The van der Waals surface area contributed by atoms with Crippen molar-refractivity contribution in [1.29, 1.82) is 0 Å². The third kappa shape index (κ3) is 3.24. The number of terminal acetylenes is 1. The number of rotatable bonds is 4. The van der Waals surface area contributed by atoms with Crippen LogP contribution in [0.4, 0.5) is 0 Å². The average molecular weight is 187 g/mol. The van der Waals surface area contributed by atoms with Gasteiger partial charge in [0.1, 0.15) is 0 Å². The molecular weight excluding hydrogens is 170 g/mol. The molecule has 0 saturated carbocycles. The van der Waals surface area contributed by atoms with Crippen LogP contribution >= 0.6 is 0 Å². The van der Waals surface area contributed by atoms with Gasteiger partial charge >= 0.3 is 0 Å². The van der Waals surface area contributed by atoms with Crippen LogP contribution < -0.4 is 5.73 Å². The molecule has 0 spiro atoms. The summed E-state index contributed by atoms with van der Waals surface area (Å²) in [6.07, 6.45) is 7.98. The molecule has 1 atom stereocenters. The van der Waals surface area contributed by atoms with Crippen molar-refractivity contribution < 1.29 is 0 Å². The second-order valence-corrected chi connectivity index (χ2v) is 3.62. The smallest absolute Gasteiger partial charge is 0.0295 e. The fraction of sp³-hybridized carbons (Fsp3) is 0.385. The zero-order chi connectivity index (χ0) is 10.4. The Hall–Kier alpha value is -1.26. The zero-order valence-corrected chi connectivity index (χ0v) is 8.66. The van der Waals surface area contributed by atoms with Crippen molar-refractivity contribution in [2.45, 2.75) is 32.2 Å². The van der Waals surface area contributed by atoms with Gasteiger partial charge in [0.15, 0.2) is 0 Å². The van der Waals surface area contributed by atoms with Gasteiger partial charge in [0.2, 0.25) is 0 Å². The summed E-state index contributed by atoms with van der Waals surface area (Å²) in [5.41, 5.74) is 8.51. The second kappa shape index (κ2) is 5.47. The third-order valence-electron chi connectivity index (χ3n) is 2.31. The van der Waals surface area contributed by atoms with Crippen molar-refractivity contribution in [1.82, 2.24) is 0 Å². The number of nitrogens with two attached hydrogens (primary N) is 1. The van der Waals surface area contributed by atoms with E-state index in [0.717, 1.165) is 19.3 Å². The Morgan fingerprint density at radius 1 is 1.50 bits per heavy atom. The molecular formula is C13H17N. The predicted octanol–water partition coefficient (Wildman–Crippen LogP) is 2.80. The molecule has 0 aromatic heterocycles. The number of hydrogen-bond acceptors (Lipinski definition) is 1. The molecule has 1 unspecified atom stereocenters. The van der Waals surface area contributed by atoms with E-state index in [1.807, 2.05) is 6.07 Å². The molecule has 1 rings (SSSR count). The van der Waals surface area contributed by atoms with Gasteiger partial charge in [0, 0.05) is 12.5 Å². The van der Waals surface area contributed by atoms with Gasteiger partial charge in [-0.1, -0.05) is 29.8 Å². The Labute approximate surface area is 86.3 Å². The molecule has 14 heavy (non-hydrogen) atoms. The first kappa shape index (κ1) is 10.8. The van der Waals surface area contributed by atoms with E-state index < -0.39 is 0 Å². The molecule has 0 saturated heterocycles. The second-order valence-electron chi connectivity index (χ2n) is 3.62. The number of aryl methyl sites for hydroxylation is 1. The van der Waals surface area contributed by atoms with E-state index in [0.29, 0.717) is 0 Å². The molecule has 2 N–H and O–H groups in total. The van der Waals surface area contributed by atoms with Crippen molar-refractivity contribution in [2.75, 3.05) is 0 Å².